The van der Waals surface area contributed by atoms with Gasteiger partial charge in [0, 0.05) is 10.6 Å². The quantitative estimate of drug-likeness (QED) is 0.167. The van der Waals surface area contributed by atoms with E-state index < -0.39 is 24.3 Å². The van der Waals surface area contributed by atoms with Crippen LogP contribution in [0.1, 0.15) is 22.3 Å². The number of alkyl halides is 3. The van der Waals surface area contributed by atoms with Gasteiger partial charge >= 0.3 is 12.1 Å². The summed E-state index contributed by atoms with van der Waals surface area (Å²) < 4.78 is 57.6. The number of benzene rings is 4. The predicted octanol–water partition coefficient (Wildman–Crippen LogP) is 8.51. The summed E-state index contributed by atoms with van der Waals surface area (Å²) in [5.74, 6) is -0.274. The molecule has 0 saturated carbocycles. The highest BCUT2D eigenvalue weighted by atomic mass is 32.2. The molecule has 0 heterocycles. The third-order valence-electron chi connectivity index (χ3n) is 5.93. The van der Waals surface area contributed by atoms with E-state index in [0.717, 1.165) is 44.9 Å². The number of carbonyl (C=O) groups is 1. The Kier molecular flexibility index (Phi) is 8.76. The lowest BCUT2D eigenvalue weighted by Crippen LogP contribution is -2.09. The second-order valence-corrected chi connectivity index (χ2v) is 9.79. The second kappa shape index (κ2) is 12.2. The van der Waals surface area contributed by atoms with Crippen molar-refractivity contribution in [3.63, 3.8) is 0 Å². The molecule has 0 aromatic heterocycles. The van der Waals surface area contributed by atoms with Crippen LogP contribution in [0.5, 0.6) is 5.75 Å². The molecule has 200 valence electrons. The maximum Gasteiger partial charge on any atom is 0.416 e. The number of carboxylic acids is 1. The molecule has 0 unspecified atom stereocenters. The summed E-state index contributed by atoms with van der Waals surface area (Å²) in [5, 5.41) is 8.81. The van der Waals surface area contributed by atoms with Gasteiger partial charge in [0.05, 0.1) is 5.56 Å². The molecule has 0 bridgehead atoms. The molecule has 0 radical (unpaired) electrons. The van der Waals surface area contributed by atoms with Crippen LogP contribution in [0, 0.1) is 12.7 Å². The smallest absolute Gasteiger partial charge is 0.416 e. The molecule has 0 atom stereocenters. The zero-order valence-electron chi connectivity index (χ0n) is 20.8. The number of aryl methyl sites for hydroxylation is 1. The van der Waals surface area contributed by atoms with Crippen LogP contribution in [0.15, 0.2) is 102 Å². The van der Waals surface area contributed by atoms with Crippen molar-refractivity contribution in [3.05, 3.63) is 125 Å². The van der Waals surface area contributed by atoms with Gasteiger partial charge in [-0.3, -0.25) is 0 Å². The predicted molar refractivity (Wildman–Crippen MR) is 145 cm³/mol. The molecule has 3 nitrogen and oxygen atoms in total. The monoisotopic (exact) mass is 552 g/mol. The Balaban J connectivity index is 1.54. The average Bonchev–Trinajstić information content (AvgIpc) is 2.91. The molecule has 0 amide bonds. The lowest BCUT2D eigenvalue weighted by Gasteiger charge is -2.12. The standard InChI is InChI=1S/C31H24F4O3S/c1-20-18-27(14-15-29(20)38-19-30(36)37)39-17-16-28(24-8-12-26(32)13-9-24)23-4-2-21(3-5-23)22-6-10-25(11-7-22)31(33,34)35/h2-16,18H,17,19H2,1H3,(H,36,37)/b28-16-. The van der Waals surface area contributed by atoms with Gasteiger partial charge in [-0.15, -0.1) is 11.8 Å². The van der Waals surface area contributed by atoms with E-state index in [1.165, 1.54) is 24.3 Å². The number of hydrogen-bond donors (Lipinski definition) is 1. The first-order valence-corrected chi connectivity index (χ1v) is 12.9. The van der Waals surface area contributed by atoms with Crippen molar-refractivity contribution in [1.82, 2.24) is 0 Å². The van der Waals surface area contributed by atoms with Crippen LogP contribution >= 0.6 is 11.8 Å². The van der Waals surface area contributed by atoms with E-state index in [9.17, 15) is 22.4 Å². The van der Waals surface area contributed by atoms with E-state index >= 15 is 0 Å². The van der Waals surface area contributed by atoms with Crippen molar-refractivity contribution in [1.29, 1.82) is 0 Å². The van der Waals surface area contributed by atoms with Crippen molar-refractivity contribution in [3.8, 4) is 16.9 Å². The SMILES string of the molecule is Cc1cc(SC/C=C(\c2ccc(F)cc2)c2ccc(-c3ccc(C(F)(F)F)cc3)cc2)ccc1OCC(=O)O. The summed E-state index contributed by atoms with van der Waals surface area (Å²) in [6.45, 7) is 1.44. The van der Waals surface area contributed by atoms with Crippen LogP contribution in [0.2, 0.25) is 0 Å². The molecule has 4 aromatic carbocycles. The fourth-order valence-corrected chi connectivity index (χ4v) is 4.83. The minimum atomic E-state index is -4.38. The number of carboxylic acid groups (broad SMARTS) is 1. The average molecular weight is 553 g/mol. The fraction of sp³-hybridized carbons (Fsp3) is 0.129. The highest BCUT2D eigenvalue weighted by molar-refractivity contribution is 7.99. The maximum atomic E-state index is 13.6. The molecule has 4 aromatic rings. The fourth-order valence-electron chi connectivity index (χ4n) is 3.96. The molecule has 0 aliphatic rings. The summed E-state index contributed by atoms with van der Waals surface area (Å²) in [6.07, 6.45) is -2.35. The number of hydrogen-bond acceptors (Lipinski definition) is 3. The first kappa shape index (κ1) is 28.0. The van der Waals surface area contributed by atoms with Crippen molar-refractivity contribution in [2.45, 2.75) is 18.0 Å². The Morgan fingerprint density at radius 1 is 0.872 bits per heavy atom. The molecule has 8 heteroatoms. The molecule has 0 aliphatic carbocycles. The summed E-state index contributed by atoms with van der Waals surface area (Å²) in [6, 6.07) is 24.2. The largest absolute Gasteiger partial charge is 0.482 e. The topological polar surface area (TPSA) is 46.5 Å². The van der Waals surface area contributed by atoms with E-state index in [2.05, 4.69) is 0 Å². The van der Waals surface area contributed by atoms with Crippen LogP contribution in [-0.4, -0.2) is 23.4 Å². The molecule has 0 spiro atoms. The molecule has 0 saturated heterocycles. The van der Waals surface area contributed by atoms with Gasteiger partial charge in [0.2, 0.25) is 0 Å². The lowest BCUT2D eigenvalue weighted by atomic mass is 9.95. The van der Waals surface area contributed by atoms with Crippen molar-refractivity contribution in [2.75, 3.05) is 12.4 Å². The summed E-state index contributed by atoms with van der Waals surface area (Å²) in [7, 11) is 0. The third kappa shape index (κ3) is 7.51. The van der Waals surface area contributed by atoms with Crippen LogP contribution in [0.25, 0.3) is 16.7 Å². The minimum absolute atomic E-state index is 0.342. The van der Waals surface area contributed by atoms with E-state index in [1.807, 2.05) is 49.4 Å². The molecule has 0 aliphatic heterocycles. The van der Waals surface area contributed by atoms with E-state index in [-0.39, 0.29) is 5.82 Å². The second-order valence-electron chi connectivity index (χ2n) is 8.70. The Morgan fingerprint density at radius 3 is 1.97 bits per heavy atom. The molecule has 1 N–H and O–H groups in total. The molecular weight excluding hydrogens is 528 g/mol. The Labute approximate surface area is 227 Å². The first-order chi connectivity index (χ1) is 18.6. The van der Waals surface area contributed by atoms with Crippen molar-refractivity contribution < 1.29 is 32.2 Å². The highest BCUT2D eigenvalue weighted by Crippen LogP contribution is 2.33. The van der Waals surface area contributed by atoms with Gasteiger partial charge in [-0.2, -0.15) is 13.2 Å². The molecule has 0 fully saturated rings. The number of halogens is 4. The number of ether oxygens (including phenoxy) is 1. The Bertz CT molecular complexity index is 1460. The maximum absolute atomic E-state index is 13.6. The van der Waals surface area contributed by atoms with E-state index in [1.54, 1.807) is 30.0 Å². The van der Waals surface area contributed by atoms with Crippen LogP contribution in [0.4, 0.5) is 17.6 Å². The molecule has 39 heavy (non-hydrogen) atoms. The number of rotatable bonds is 9. The highest BCUT2D eigenvalue weighted by Gasteiger charge is 2.29. The minimum Gasteiger partial charge on any atom is -0.482 e. The molecular formula is C31H24F4O3S. The summed E-state index contributed by atoms with van der Waals surface area (Å²) >= 11 is 1.58. The van der Waals surface area contributed by atoms with Gasteiger partial charge < -0.3 is 9.84 Å². The van der Waals surface area contributed by atoms with E-state index in [4.69, 9.17) is 9.84 Å². The van der Waals surface area contributed by atoms with Crippen LogP contribution in [0.3, 0.4) is 0 Å². The van der Waals surface area contributed by atoms with E-state index in [0.29, 0.717) is 17.1 Å². The van der Waals surface area contributed by atoms with Gasteiger partial charge in [0.1, 0.15) is 11.6 Å². The lowest BCUT2D eigenvalue weighted by molar-refractivity contribution is -0.139. The summed E-state index contributed by atoms with van der Waals surface area (Å²) in [4.78, 5) is 11.7. The molecule has 4 rings (SSSR count). The summed E-state index contributed by atoms with van der Waals surface area (Å²) in [5.41, 5.74) is 4.17. The van der Waals surface area contributed by atoms with Crippen LogP contribution < -0.4 is 4.74 Å². The van der Waals surface area contributed by atoms with Crippen molar-refractivity contribution >= 4 is 23.3 Å². The third-order valence-corrected chi connectivity index (χ3v) is 6.85. The van der Waals surface area contributed by atoms with Gasteiger partial charge in [0.25, 0.3) is 0 Å². The zero-order valence-corrected chi connectivity index (χ0v) is 21.7. The van der Waals surface area contributed by atoms with Gasteiger partial charge in [0.15, 0.2) is 6.61 Å². The van der Waals surface area contributed by atoms with Crippen LogP contribution in [-0.2, 0) is 11.0 Å². The first-order valence-electron chi connectivity index (χ1n) is 11.9. The normalized spacial score (nSPS) is 11.9. The Morgan fingerprint density at radius 2 is 1.44 bits per heavy atom. The zero-order chi connectivity index (χ0) is 28.0. The Hall–Kier alpha value is -4.04. The van der Waals surface area contributed by atoms with Gasteiger partial charge in [-0.05, 0) is 82.8 Å². The number of thioether (sulfide) groups is 1. The van der Waals surface area contributed by atoms with Gasteiger partial charge in [-0.1, -0.05) is 54.6 Å². The van der Waals surface area contributed by atoms with Gasteiger partial charge in [-0.25, -0.2) is 9.18 Å². The van der Waals surface area contributed by atoms with Crippen molar-refractivity contribution in [2.24, 2.45) is 0 Å². The number of aliphatic carboxylic acids is 1.